The molecule has 0 aliphatic carbocycles. The lowest BCUT2D eigenvalue weighted by molar-refractivity contribution is 0.720. The van der Waals surface area contributed by atoms with Gasteiger partial charge in [0.25, 0.3) is 0 Å². The summed E-state index contributed by atoms with van der Waals surface area (Å²) in [5.41, 5.74) is 1.28. The van der Waals surface area contributed by atoms with E-state index in [0.717, 1.165) is 16.0 Å². The van der Waals surface area contributed by atoms with Crippen LogP contribution in [0.5, 0.6) is 0 Å². The molecule has 0 saturated heterocycles. The van der Waals surface area contributed by atoms with Crippen molar-refractivity contribution in [1.82, 2.24) is 0 Å². The molecule has 0 saturated carbocycles. The molecule has 2 rings (SSSR count). The Morgan fingerprint density at radius 1 is 0.905 bits per heavy atom. The topological polar surface area (TPSA) is 72.3 Å². The molecule has 0 aliphatic rings. The molecule has 0 radical (unpaired) electrons. The summed E-state index contributed by atoms with van der Waals surface area (Å²) in [6, 6.07) is 18.9. The van der Waals surface area contributed by atoms with Crippen molar-refractivity contribution in [3.05, 3.63) is 48.5 Å². The van der Waals surface area contributed by atoms with Gasteiger partial charge in [-0.05, 0) is 42.3 Å². The van der Waals surface area contributed by atoms with Crippen LogP contribution in [0.4, 0.5) is 5.69 Å². The Balaban J connectivity index is 2.21. The van der Waals surface area contributed by atoms with Gasteiger partial charge in [0.15, 0.2) is 0 Å². The number of nitrogens with zero attached hydrogens (tertiary/aromatic N) is 4. The molecule has 0 N–H and O–H groups in total. The zero-order valence-electron chi connectivity index (χ0n) is 11.4. The van der Waals surface area contributed by atoms with Gasteiger partial charge >= 0.3 is 0 Å². The van der Waals surface area contributed by atoms with Gasteiger partial charge in [0.05, 0.1) is 5.69 Å². The predicted molar refractivity (Wildman–Crippen MR) is 83.3 cm³/mol. The molecule has 0 aliphatic heterocycles. The van der Waals surface area contributed by atoms with Crippen molar-refractivity contribution in [2.45, 2.75) is 17.4 Å². The van der Waals surface area contributed by atoms with Gasteiger partial charge in [0.2, 0.25) is 5.54 Å². The van der Waals surface area contributed by atoms with Gasteiger partial charge in [-0.2, -0.15) is 20.8 Å². The minimum absolute atomic E-state index is 0.598. The standard InChI is InChI=1S/C16H12N4S/c1-16(10-17,11-18)20-19-14-6-2-12(3-7-14)13-4-8-15(21)9-5-13/h2-9,21H,1H3. The Bertz CT molecular complexity index is 720. The van der Waals surface area contributed by atoms with E-state index in [1.807, 2.05) is 48.5 Å². The fraction of sp³-hybridized carbons (Fsp3) is 0.125. The van der Waals surface area contributed by atoms with Crippen molar-refractivity contribution >= 4 is 18.3 Å². The van der Waals surface area contributed by atoms with Crippen LogP contribution in [0.2, 0.25) is 0 Å². The lowest BCUT2D eigenvalue weighted by Crippen LogP contribution is -2.14. The van der Waals surface area contributed by atoms with E-state index in [2.05, 4.69) is 22.9 Å². The number of hydrogen-bond acceptors (Lipinski definition) is 5. The largest absolute Gasteiger partial charge is 0.249 e. The molecule has 0 fully saturated rings. The summed E-state index contributed by atoms with van der Waals surface area (Å²) >= 11 is 4.25. The third-order valence-electron chi connectivity index (χ3n) is 2.87. The predicted octanol–water partition coefficient (Wildman–Crippen LogP) is 4.53. The molecule has 0 aromatic heterocycles. The van der Waals surface area contributed by atoms with E-state index in [-0.39, 0.29) is 0 Å². The van der Waals surface area contributed by atoms with Gasteiger partial charge < -0.3 is 0 Å². The van der Waals surface area contributed by atoms with Gasteiger partial charge in [0, 0.05) is 4.90 Å². The van der Waals surface area contributed by atoms with Crippen LogP contribution in [0.25, 0.3) is 11.1 Å². The van der Waals surface area contributed by atoms with E-state index < -0.39 is 5.54 Å². The highest BCUT2D eigenvalue weighted by Gasteiger charge is 2.21. The maximum atomic E-state index is 8.85. The summed E-state index contributed by atoms with van der Waals surface area (Å²) in [5.74, 6) is 0. The monoisotopic (exact) mass is 292 g/mol. The summed E-state index contributed by atoms with van der Waals surface area (Å²) in [4.78, 5) is 0.913. The number of thiol groups is 1. The normalized spacial score (nSPS) is 11.0. The number of nitriles is 2. The lowest BCUT2D eigenvalue weighted by Gasteiger charge is -2.04. The summed E-state index contributed by atoms with van der Waals surface area (Å²) in [6.07, 6.45) is 0. The zero-order chi connectivity index (χ0) is 15.3. The summed E-state index contributed by atoms with van der Waals surface area (Å²) in [5, 5.41) is 25.4. The summed E-state index contributed by atoms with van der Waals surface area (Å²) in [7, 11) is 0. The highest BCUT2D eigenvalue weighted by molar-refractivity contribution is 7.80. The highest BCUT2D eigenvalue weighted by atomic mass is 32.1. The van der Waals surface area contributed by atoms with E-state index in [1.54, 1.807) is 12.1 Å². The van der Waals surface area contributed by atoms with Crippen LogP contribution in [0.15, 0.2) is 63.7 Å². The number of benzene rings is 2. The first-order valence-electron chi connectivity index (χ1n) is 6.21. The molecule has 4 nitrogen and oxygen atoms in total. The van der Waals surface area contributed by atoms with E-state index in [0.29, 0.717) is 5.69 Å². The molecular formula is C16H12N4S. The first-order chi connectivity index (χ1) is 10.1. The van der Waals surface area contributed by atoms with Crippen LogP contribution in [0.3, 0.4) is 0 Å². The van der Waals surface area contributed by atoms with Gasteiger partial charge in [-0.1, -0.05) is 24.3 Å². The van der Waals surface area contributed by atoms with Crippen molar-refractivity contribution < 1.29 is 0 Å². The molecular weight excluding hydrogens is 280 g/mol. The Kier molecular flexibility index (Phi) is 4.37. The van der Waals surface area contributed by atoms with E-state index in [1.165, 1.54) is 6.92 Å². The minimum Gasteiger partial charge on any atom is -0.194 e. The molecule has 0 amide bonds. The van der Waals surface area contributed by atoms with Crippen LogP contribution in [-0.2, 0) is 0 Å². The summed E-state index contributed by atoms with van der Waals surface area (Å²) < 4.78 is 0. The van der Waals surface area contributed by atoms with Gasteiger partial charge in [-0.15, -0.1) is 12.6 Å². The van der Waals surface area contributed by atoms with E-state index in [9.17, 15) is 0 Å². The van der Waals surface area contributed by atoms with E-state index in [4.69, 9.17) is 10.5 Å². The molecule has 2 aromatic rings. The molecule has 0 heterocycles. The first-order valence-corrected chi connectivity index (χ1v) is 6.66. The second-order valence-electron chi connectivity index (χ2n) is 4.59. The number of rotatable bonds is 3. The van der Waals surface area contributed by atoms with Crippen LogP contribution in [0.1, 0.15) is 6.92 Å². The fourth-order valence-corrected chi connectivity index (χ4v) is 1.75. The Morgan fingerprint density at radius 3 is 1.86 bits per heavy atom. The van der Waals surface area contributed by atoms with Crippen LogP contribution < -0.4 is 0 Å². The molecule has 0 unspecified atom stereocenters. The Morgan fingerprint density at radius 2 is 1.38 bits per heavy atom. The molecule has 5 heteroatoms. The lowest BCUT2D eigenvalue weighted by atomic mass is 10.1. The number of azo groups is 1. The average molecular weight is 292 g/mol. The quantitative estimate of drug-likeness (QED) is 0.666. The highest BCUT2D eigenvalue weighted by Crippen LogP contribution is 2.24. The fourth-order valence-electron chi connectivity index (χ4n) is 1.60. The van der Waals surface area contributed by atoms with Gasteiger partial charge in [0.1, 0.15) is 12.1 Å². The van der Waals surface area contributed by atoms with Crippen molar-refractivity contribution in [3.8, 4) is 23.3 Å². The van der Waals surface area contributed by atoms with Gasteiger partial charge in [-0.3, -0.25) is 0 Å². The van der Waals surface area contributed by atoms with Crippen molar-refractivity contribution in [3.63, 3.8) is 0 Å². The maximum Gasteiger partial charge on any atom is 0.249 e. The third kappa shape index (κ3) is 3.68. The zero-order valence-corrected chi connectivity index (χ0v) is 12.2. The van der Waals surface area contributed by atoms with Crippen molar-refractivity contribution in [2.75, 3.05) is 0 Å². The Hall–Kier alpha value is -2.63. The smallest absolute Gasteiger partial charge is 0.194 e. The molecule has 0 bridgehead atoms. The molecule has 0 atom stereocenters. The van der Waals surface area contributed by atoms with Crippen LogP contribution in [-0.4, -0.2) is 5.54 Å². The van der Waals surface area contributed by atoms with E-state index >= 15 is 0 Å². The minimum atomic E-state index is -1.44. The Labute approximate surface area is 128 Å². The molecule has 102 valence electrons. The third-order valence-corrected chi connectivity index (χ3v) is 3.17. The SMILES string of the molecule is CC(C#N)(C#N)N=Nc1ccc(-c2ccc(S)cc2)cc1. The average Bonchev–Trinajstić information content (AvgIpc) is 2.54. The molecule has 2 aromatic carbocycles. The van der Waals surface area contributed by atoms with Crippen LogP contribution in [0, 0.1) is 22.7 Å². The second-order valence-corrected chi connectivity index (χ2v) is 5.11. The summed E-state index contributed by atoms with van der Waals surface area (Å²) in [6.45, 7) is 1.42. The molecule has 21 heavy (non-hydrogen) atoms. The van der Waals surface area contributed by atoms with Crippen molar-refractivity contribution in [1.29, 1.82) is 10.5 Å². The van der Waals surface area contributed by atoms with Crippen LogP contribution >= 0.6 is 12.6 Å². The molecule has 0 spiro atoms. The van der Waals surface area contributed by atoms with Gasteiger partial charge in [-0.25, -0.2) is 0 Å². The van der Waals surface area contributed by atoms with Crippen molar-refractivity contribution in [2.24, 2.45) is 10.2 Å². The number of hydrogen-bond donors (Lipinski definition) is 1. The maximum absolute atomic E-state index is 8.85. The second kappa shape index (κ2) is 6.21. The first kappa shape index (κ1) is 14.8.